The monoisotopic (exact) mass is 188 g/mol. The maximum absolute atomic E-state index is 11.2. The number of rotatable bonds is 0. The molecule has 1 aromatic heterocycles. The van der Waals surface area contributed by atoms with Gasteiger partial charge in [-0.05, 0) is 43.5 Å². The van der Waals surface area contributed by atoms with Crippen LogP contribution in [0.3, 0.4) is 0 Å². The van der Waals surface area contributed by atoms with E-state index in [1.165, 1.54) is 11.6 Å². The van der Waals surface area contributed by atoms with E-state index >= 15 is 0 Å². The Labute approximate surface area is 82.2 Å². The first-order chi connectivity index (χ1) is 6.58. The highest BCUT2D eigenvalue weighted by atomic mass is 16.4. The van der Waals surface area contributed by atoms with Gasteiger partial charge in [-0.2, -0.15) is 0 Å². The summed E-state index contributed by atoms with van der Waals surface area (Å²) in [6, 6.07) is 5.59. The zero-order valence-electron chi connectivity index (χ0n) is 8.55. The maximum atomic E-state index is 11.2. The molecule has 1 aromatic carbocycles. The van der Waals surface area contributed by atoms with Gasteiger partial charge in [0.15, 0.2) is 0 Å². The van der Waals surface area contributed by atoms with Crippen molar-refractivity contribution in [3.05, 3.63) is 45.3 Å². The summed E-state index contributed by atoms with van der Waals surface area (Å²) < 4.78 is 5.17. The Morgan fingerprint density at radius 1 is 1.00 bits per heavy atom. The molecule has 0 unspecified atom stereocenters. The highest BCUT2D eigenvalue weighted by Crippen LogP contribution is 2.21. The second-order valence-electron chi connectivity index (χ2n) is 3.71. The van der Waals surface area contributed by atoms with Crippen molar-refractivity contribution < 1.29 is 4.42 Å². The van der Waals surface area contributed by atoms with Crippen LogP contribution in [0.5, 0.6) is 0 Å². The molecular formula is C12H12O2. The van der Waals surface area contributed by atoms with Crippen molar-refractivity contribution in [2.45, 2.75) is 20.8 Å². The quantitative estimate of drug-likeness (QED) is 0.595. The molecule has 14 heavy (non-hydrogen) atoms. The third-order valence-corrected chi connectivity index (χ3v) is 2.38. The van der Waals surface area contributed by atoms with Crippen LogP contribution in [0, 0.1) is 20.8 Å². The molecule has 72 valence electrons. The molecule has 0 fully saturated rings. The van der Waals surface area contributed by atoms with Crippen molar-refractivity contribution >= 4 is 11.0 Å². The van der Waals surface area contributed by atoms with E-state index in [2.05, 4.69) is 0 Å². The van der Waals surface area contributed by atoms with Crippen LogP contribution in [0.2, 0.25) is 0 Å². The molecule has 0 aliphatic carbocycles. The van der Waals surface area contributed by atoms with E-state index < -0.39 is 0 Å². The summed E-state index contributed by atoms with van der Waals surface area (Å²) in [6.45, 7) is 5.92. The summed E-state index contributed by atoms with van der Waals surface area (Å²) in [5, 5.41) is 1.03. The Kier molecular flexibility index (Phi) is 1.92. The van der Waals surface area contributed by atoms with E-state index in [0.29, 0.717) is 5.58 Å². The molecule has 2 rings (SSSR count). The summed E-state index contributed by atoms with van der Waals surface area (Å²) in [5.41, 5.74) is 3.61. The Morgan fingerprint density at radius 2 is 1.71 bits per heavy atom. The number of fused-ring (bicyclic) bond motifs is 1. The first-order valence-electron chi connectivity index (χ1n) is 4.59. The molecule has 2 nitrogen and oxygen atoms in total. The van der Waals surface area contributed by atoms with E-state index in [9.17, 15) is 4.79 Å². The SMILES string of the molecule is Cc1cc(C)c2oc(=O)cc(C)c2c1. The minimum Gasteiger partial charge on any atom is -0.422 e. The average Bonchev–Trinajstić information content (AvgIpc) is 2.07. The second-order valence-corrected chi connectivity index (χ2v) is 3.71. The Hall–Kier alpha value is -1.57. The molecule has 1 heterocycles. The largest absolute Gasteiger partial charge is 0.422 e. The summed E-state index contributed by atoms with van der Waals surface area (Å²) >= 11 is 0. The third-order valence-electron chi connectivity index (χ3n) is 2.38. The Balaban J connectivity index is 3.01. The number of hydrogen-bond donors (Lipinski definition) is 0. The lowest BCUT2D eigenvalue weighted by atomic mass is 10.0. The molecule has 0 saturated carbocycles. The van der Waals surface area contributed by atoms with Gasteiger partial charge in [-0.25, -0.2) is 4.79 Å². The van der Waals surface area contributed by atoms with E-state index in [0.717, 1.165) is 16.5 Å². The fourth-order valence-corrected chi connectivity index (χ4v) is 1.77. The molecular weight excluding hydrogens is 176 g/mol. The smallest absolute Gasteiger partial charge is 0.336 e. The molecule has 0 saturated heterocycles. The van der Waals surface area contributed by atoms with Crippen molar-refractivity contribution in [2.24, 2.45) is 0 Å². The molecule has 0 N–H and O–H groups in total. The summed E-state index contributed by atoms with van der Waals surface area (Å²) in [5.74, 6) is 0. The first kappa shape index (κ1) is 9.00. The highest BCUT2D eigenvalue weighted by Gasteiger charge is 2.04. The second kappa shape index (κ2) is 2.98. The molecule has 0 bridgehead atoms. The molecule has 0 radical (unpaired) electrons. The number of hydrogen-bond acceptors (Lipinski definition) is 2. The Bertz CT molecular complexity index is 550. The van der Waals surface area contributed by atoms with Gasteiger partial charge in [-0.15, -0.1) is 0 Å². The predicted octanol–water partition coefficient (Wildman–Crippen LogP) is 2.72. The van der Waals surface area contributed by atoms with Crippen LogP contribution in [-0.2, 0) is 0 Å². The van der Waals surface area contributed by atoms with Gasteiger partial charge >= 0.3 is 5.63 Å². The van der Waals surface area contributed by atoms with Crippen molar-refractivity contribution in [2.75, 3.05) is 0 Å². The maximum Gasteiger partial charge on any atom is 0.336 e. The van der Waals surface area contributed by atoms with Crippen molar-refractivity contribution in [3.8, 4) is 0 Å². The van der Waals surface area contributed by atoms with Gasteiger partial charge < -0.3 is 4.42 Å². The fourth-order valence-electron chi connectivity index (χ4n) is 1.77. The predicted molar refractivity (Wildman–Crippen MR) is 56.7 cm³/mol. The molecule has 0 aliphatic heterocycles. The van der Waals surface area contributed by atoms with Gasteiger partial charge in [-0.3, -0.25) is 0 Å². The summed E-state index contributed by atoms with van der Waals surface area (Å²) in [6.07, 6.45) is 0. The van der Waals surface area contributed by atoms with Crippen LogP contribution in [0.25, 0.3) is 11.0 Å². The van der Waals surface area contributed by atoms with E-state index in [-0.39, 0.29) is 5.63 Å². The lowest BCUT2D eigenvalue weighted by molar-refractivity contribution is 0.557. The molecule has 2 heteroatoms. The normalized spacial score (nSPS) is 10.8. The number of benzene rings is 1. The van der Waals surface area contributed by atoms with Crippen LogP contribution < -0.4 is 5.63 Å². The lowest BCUT2D eigenvalue weighted by Gasteiger charge is -2.04. The van der Waals surface area contributed by atoms with E-state index in [4.69, 9.17) is 4.42 Å². The average molecular weight is 188 g/mol. The topological polar surface area (TPSA) is 30.2 Å². The van der Waals surface area contributed by atoms with Gasteiger partial charge in [0.05, 0.1) is 0 Å². The minimum absolute atomic E-state index is 0.276. The van der Waals surface area contributed by atoms with Crippen LogP contribution in [0.1, 0.15) is 16.7 Å². The number of aryl methyl sites for hydroxylation is 3. The summed E-state index contributed by atoms with van der Waals surface area (Å²) in [4.78, 5) is 11.2. The van der Waals surface area contributed by atoms with Crippen molar-refractivity contribution in [1.82, 2.24) is 0 Å². The molecule has 0 amide bonds. The summed E-state index contributed by atoms with van der Waals surface area (Å²) in [7, 11) is 0. The van der Waals surface area contributed by atoms with Crippen LogP contribution >= 0.6 is 0 Å². The minimum atomic E-state index is -0.276. The zero-order valence-corrected chi connectivity index (χ0v) is 8.55. The molecule has 0 spiro atoms. The lowest BCUT2D eigenvalue weighted by Crippen LogP contribution is -1.99. The van der Waals surface area contributed by atoms with Crippen LogP contribution in [0.4, 0.5) is 0 Å². The first-order valence-corrected chi connectivity index (χ1v) is 4.59. The fraction of sp³-hybridized carbons (Fsp3) is 0.250. The standard InChI is InChI=1S/C12H12O2/c1-7-4-9(3)12-10(5-7)8(2)6-11(13)14-12/h4-6H,1-3H3. The van der Waals surface area contributed by atoms with E-state index in [1.54, 1.807) is 0 Å². The third kappa shape index (κ3) is 1.33. The van der Waals surface area contributed by atoms with Crippen molar-refractivity contribution in [3.63, 3.8) is 0 Å². The van der Waals surface area contributed by atoms with Gasteiger partial charge in [-0.1, -0.05) is 6.07 Å². The van der Waals surface area contributed by atoms with Crippen LogP contribution in [-0.4, -0.2) is 0 Å². The highest BCUT2D eigenvalue weighted by molar-refractivity contribution is 5.83. The van der Waals surface area contributed by atoms with E-state index in [1.807, 2.05) is 32.9 Å². The van der Waals surface area contributed by atoms with Gasteiger partial charge in [0.25, 0.3) is 0 Å². The Morgan fingerprint density at radius 3 is 2.43 bits per heavy atom. The van der Waals surface area contributed by atoms with Crippen LogP contribution in [0.15, 0.2) is 27.4 Å². The molecule has 0 atom stereocenters. The van der Waals surface area contributed by atoms with Crippen molar-refractivity contribution in [1.29, 1.82) is 0 Å². The molecule has 0 aliphatic rings. The zero-order chi connectivity index (χ0) is 10.3. The van der Waals surface area contributed by atoms with Gasteiger partial charge in [0.1, 0.15) is 5.58 Å². The van der Waals surface area contributed by atoms with Gasteiger partial charge in [0, 0.05) is 11.5 Å². The van der Waals surface area contributed by atoms with Gasteiger partial charge in [0.2, 0.25) is 0 Å². The molecule has 2 aromatic rings.